The lowest BCUT2D eigenvalue weighted by molar-refractivity contribution is 0.132. The van der Waals surface area contributed by atoms with Crippen molar-refractivity contribution in [2.75, 3.05) is 33.4 Å². The minimum atomic E-state index is -0.221. The van der Waals surface area contributed by atoms with E-state index in [9.17, 15) is 5.11 Å². The van der Waals surface area contributed by atoms with Crippen LogP contribution in [0.1, 0.15) is 56.4 Å². The Hall–Kier alpha value is -3.74. The molecule has 0 amide bonds. The summed E-state index contributed by atoms with van der Waals surface area (Å²) in [6, 6.07) is 1.83. The van der Waals surface area contributed by atoms with Crippen LogP contribution in [0.4, 0.5) is 0 Å². The first-order valence-electron chi connectivity index (χ1n) is 13.7. The van der Waals surface area contributed by atoms with E-state index < -0.39 is 0 Å². The molecule has 0 saturated heterocycles. The maximum absolute atomic E-state index is 10.0. The highest BCUT2D eigenvalue weighted by Crippen LogP contribution is 2.36. The number of methoxy groups -OCH3 is 1. The van der Waals surface area contributed by atoms with Gasteiger partial charge in [-0.25, -0.2) is 9.67 Å². The van der Waals surface area contributed by atoms with Gasteiger partial charge in [0.05, 0.1) is 54.1 Å². The summed E-state index contributed by atoms with van der Waals surface area (Å²) < 4.78 is 21.7. The van der Waals surface area contributed by atoms with E-state index in [4.69, 9.17) is 24.4 Å². The van der Waals surface area contributed by atoms with E-state index in [1.165, 1.54) is 0 Å². The highest BCUT2D eigenvalue weighted by molar-refractivity contribution is 5.91. The third kappa shape index (κ3) is 5.21. The summed E-state index contributed by atoms with van der Waals surface area (Å²) in [4.78, 5) is 6.94. The lowest BCUT2D eigenvalue weighted by atomic mass is 10.1. The number of ether oxygens (including phenoxy) is 3. The number of likely N-dealkylation sites (N-methyl/N-ethyl adjacent to an activating group) is 1. The Balaban J connectivity index is 1.73. The summed E-state index contributed by atoms with van der Waals surface area (Å²) in [6.07, 6.45) is 5.62. The number of aromatic nitrogens is 7. The second-order valence-electron chi connectivity index (χ2n) is 10.1. The molecule has 0 aliphatic carbocycles. The van der Waals surface area contributed by atoms with Crippen molar-refractivity contribution >= 4 is 23.2 Å². The zero-order chi connectivity index (χ0) is 28.4. The Morgan fingerprint density at radius 3 is 2.80 bits per heavy atom. The van der Waals surface area contributed by atoms with Crippen molar-refractivity contribution in [3.8, 4) is 22.9 Å². The number of hydrogen-bond donors (Lipinski definition) is 2. The summed E-state index contributed by atoms with van der Waals surface area (Å²) in [5.41, 5.74) is 5.73. The van der Waals surface area contributed by atoms with E-state index in [1.807, 2.05) is 37.7 Å². The molecule has 0 aromatic carbocycles. The standard InChI is InChI=1S/C28H38N8O4/c1-7-35-13-18(4)40-28-25(23(16-38-6)32-34(28)5)19-11-21-22(30-31-26(21)29-12-19)10-9-20-24(14-35)36(17(3)15-37)33-27(20)39-8-2/h9-12,17-18,37H,7-8,13-16H2,1-6H3,(H,29,30,31)/b10-9+/t17-,18-/m0/s1. The predicted molar refractivity (Wildman–Crippen MR) is 152 cm³/mol. The van der Waals surface area contributed by atoms with Gasteiger partial charge in [0.2, 0.25) is 11.8 Å². The van der Waals surface area contributed by atoms with Crippen LogP contribution in [0.2, 0.25) is 0 Å². The maximum atomic E-state index is 10.0. The third-order valence-corrected chi connectivity index (χ3v) is 7.12. The molecule has 0 unspecified atom stereocenters. The lowest BCUT2D eigenvalue weighted by Crippen LogP contribution is -2.35. The molecule has 0 saturated carbocycles. The number of hydrogen-bond acceptors (Lipinski definition) is 9. The number of aliphatic hydroxyl groups excluding tert-OH is 1. The molecule has 0 fully saturated rings. The molecule has 2 atom stereocenters. The number of fused-ring (bicyclic) bond motifs is 4. The summed E-state index contributed by atoms with van der Waals surface area (Å²) in [6.45, 7) is 10.9. The number of rotatable bonds is 7. The Morgan fingerprint density at radius 2 is 2.08 bits per heavy atom. The minimum Gasteiger partial charge on any atom is -0.476 e. The fourth-order valence-corrected chi connectivity index (χ4v) is 5.15. The summed E-state index contributed by atoms with van der Waals surface area (Å²) in [5, 5.41) is 27.9. The Morgan fingerprint density at radius 1 is 1.25 bits per heavy atom. The molecule has 12 nitrogen and oxygen atoms in total. The van der Waals surface area contributed by atoms with Gasteiger partial charge >= 0.3 is 0 Å². The monoisotopic (exact) mass is 550 g/mol. The fraction of sp³-hybridized carbons (Fsp3) is 0.500. The van der Waals surface area contributed by atoms with Crippen molar-refractivity contribution in [1.29, 1.82) is 0 Å². The first kappa shape index (κ1) is 27.8. The van der Waals surface area contributed by atoms with Gasteiger partial charge in [0.15, 0.2) is 5.65 Å². The number of H-pyrrole nitrogens is 1. The van der Waals surface area contributed by atoms with Crippen LogP contribution in [0.25, 0.3) is 34.3 Å². The molecule has 0 radical (unpaired) electrons. The normalized spacial score (nSPS) is 17.6. The van der Waals surface area contributed by atoms with Crippen molar-refractivity contribution in [1.82, 2.24) is 39.6 Å². The van der Waals surface area contributed by atoms with Crippen LogP contribution >= 0.6 is 0 Å². The van der Waals surface area contributed by atoms with Crippen LogP contribution in [0.3, 0.4) is 0 Å². The van der Waals surface area contributed by atoms with Crippen molar-refractivity contribution in [3.63, 3.8) is 0 Å². The highest BCUT2D eigenvalue weighted by atomic mass is 16.5. The Kier molecular flexibility index (Phi) is 8.19. The van der Waals surface area contributed by atoms with Crippen molar-refractivity contribution in [3.05, 3.63) is 34.9 Å². The molecule has 5 heterocycles. The molecule has 2 bridgehead atoms. The van der Waals surface area contributed by atoms with Gasteiger partial charge in [-0.3, -0.25) is 14.7 Å². The number of pyridine rings is 1. The van der Waals surface area contributed by atoms with Gasteiger partial charge in [-0.1, -0.05) is 6.92 Å². The lowest BCUT2D eigenvalue weighted by Gasteiger charge is -2.26. The van der Waals surface area contributed by atoms with Gasteiger partial charge in [-0.2, -0.15) is 10.2 Å². The Bertz CT molecular complexity index is 1500. The molecule has 1 aliphatic rings. The van der Waals surface area contributed by atoms with E-state index in [0.717, 1.165) is 45.7 Å². The van der Waals surface area contributed by atoms with Crippen LogP contribution in [-0.4, -0.2) is 84.3 Å². The van der Waals surface area contributed by atoms with E-state index in [-0.39, 0.29) is 18.8 Å². The van der Waals surface area contributed by atoms with Crippen LogP contribution in [0, 0.1) is 0 Å². The predicted octanol–water partition coefficient (Wildman–Crippen LogP) is 3.43. The van der Waals surface area contributed by atoms with E-state index >= 15 is 0 Å². The molecule has 5 rings (SSSR count). The Labute approximate surface area is 233 Å². The smallest absolute Gasteiger partial charge is 0.240 e. The number of aliphatic hydroxyl groups is 1. The molecular weight excluding hydrogens is 512 g/mol. The van der Waals surface area contributed by atoms with Gasteiger partial charge in [-0.05, 0) is 45.5 Å². The van der Waals surface area contributed by atoms with Gasteiger partial charge in [0, 0.05) is 44.4 Å². The fourth-order valence-electron chi connectivity index (χ4n) is 5.15. The third-order valence-electron chi connectivity index (χ3n) is 7.12. The topological polar surface area (TPSA) is 128 Å². The molecule has 4 aromatic rings. The molecule has 12 heteroatoms. The quantitative estimate of drug-likeness (QED) is 0.356. The van der Waals surface area contributed by atoms with Gasteiger partial charge in [0.25, 0.3) is 0 Å². The second kappa shape index (κ2) is 11.8. The molecule has 0 spiro atoms. The van der Waals surface area contributed by atoms with E-state index in [0.29, 0.717) is 43.7 Å². The first-order chi connectivity index (χ1) is 19.4. The highest BCUT2D eigenvalue weighted by Gasteiger charge is 2.26. The van der Waals surface area contributed by atoms with E-state index in [2.05, 4.69) is 40.0 Å². The zero-order valence-corrected chi connectivity index (χ0v) is 24.0. The maximum Gasteiger partial charge on any atom is 0.240 e. The molecule has 1 aliphatic heterocycles. The van der Waals surface area contributed by atoms with Crippen LogP contribution in [0.5, 0.6) is 11.8 Å². The summed E-state index contributed by atoms with van der Waals surface area (Å²) in [5.74, 6) is 1.19. The van der Waals surface area contributed by atoms with Crippen molar-refractivity contribution in [2.45, 2.75) is 53.0 Å². The number of nitrogens with one attached hydrogen (secondary N) is 1. The van der Waals surface area contributed by atoms with Gasteiger partial charge in [0.1, 0.15) is 6.10 Å². The van der Waals surface area contributed by atoms with Crippen molar-refractivity contribution in [2.24, 2.45) is 7.05 Å². The average molecular weight is 551 g/mol. The van der Waals surface area contributed by atoms with E-state index in [1.54, 1.807) is 18.0 Å². The SMILES string of the molecule is CCOc1nn([C@@H](C)CO)c2c1/C=C/c1[nH]nc3ncc(cc13)-c1c(COC)nn(C)c1O[C@@H](C)CN(CC)C2. The van der Waals surface area contributed by atoms with Crippen LogP contribution in [-0.2, 0) is 24.9 Å². The molecule has 40 heavy (non-hydrogen) atoms. The molecular formula is C28H38N8O4. The van der Waals surface area contributed by atoms with Crippen LogP contribution in [0.15, 0.2) is 12.3 Å². The van der Waals surface area contributed by atoms with Crippen molar-refractivity contribution < 1.29 is 19.3 Å². The second-order valence-corrected chi connectivity index (χ2v) is 10.1. The zero-order valence-electron chi connectivity index (χ0n) is 24.0. The largest absolute Gasteiger partial charge is 0.476 e. The van der Waals surface area contributed by atoms with Crippen LogP contribution < -0.4 is 9.47 Å². The molecule has 4 aromatic heterocycles. The summed E-state index contributed by atoms with van der Waals surface area (Å²) >= 11 is 0. The van der Waals surface area contributed by atoms with Gasteiger partial charge < -0.3 is 19.3 Å². The molecule has 2 N–H and O–H groups in total. The number of aryl methyl sites for hydroxylation is 1. The minimum absolute atomic E-state index is 0.0399. The number of nitrogens with zero attached hydrogens (tertiary/aromatic N) is 7. The average Bonchev–Trinajstić information content (AvgIpc) is 3.59. The molecule has 214 valence electrons. The summed E-state index contributed by atoms with van der Waals surface area (Å²) in [7, 11) is 3.54. The van der Waals surface area contributed by atoms with Gasteiger partial charge in [-0.15, -0.1) is 5.10 Å². The number of aromatic amines is 1. The first-order valence-corrected chi connectivity index (χ1v) is 13.7.